The van der Waals surface area contributed by atoms with Crippen LogP contribution in [0.25, 0.3) is 0 Å². The van der Waals surface area contributed by atoms with Crippen LogP contribution in [0.15, 0.2) is 30.0 Å². The van der Waals surface area contributed by atoms with Crippen molar-refractivity contribution in [3.63, 3.8) is 0 Å². The number of benzene rings is 1. The molecule has 1 aromatic carbocycles. The summed E-state index contributed by atoms with van der Waals surface area (Å²) in [6.45, 7) is 2.61. The minimum absolute atomic E-state index is 0.206. The third-order valence-electron chi connectivity index (χ3n) is 4.45. The van der Waals surface area contributed by atoms with Crippen molar-refractivity contribution in [2.24, 2.45) is 0 Å². The maximum absolute atomic E-state index is 14.7. The normalized spacial score (nSPS) is 21.0. The van der Waals surface area contributed by atoms with Crippen LogP contribution in [-0.4, -0.2) is 57.0 Å². The molecule has 3 rings (SSSR count). The number of amides is 2. The van der Waals surface area contributed by atoms with Crippen LogP contribution in [0, 0.1) is 11.2 Å². The van der Waals surface area contributed by atoms with Gasteiger partial charge >= 0.3 is 6.09 Å². The Hall–Kier alpha value is -3.10. The summed E-state index contributed by atoms with van der Waals surface area (Å²) in [6, 6.07) is 4.55. The van der Waals surface area contributed by atoms with Crippen molar-refractivity contribution in [1.29, 1.82) is 5.41 Å². The maximum Gasteiger partial charge on any atom is 0.414 e. The van der Waals surface area contributed by atoms with E-state index in [1.807, 2.05) is 0 Å². The number of rotatable bonds is 5. The number of anilines is 2. The first-order valence-corrected chi connectivity index (χ1v) is 8.60. The molecule has 2 aliphatic rings. The summed E-state index contributed by atoms with van der Waals surface area (Å²) in [5, 5.41) is 13.5. The van der Waals surface area contributed by atoms with Gasteiger partial charge in [0.25, 0.3) is 0 Å². The molecule has 0 radical (unpaired) electrons. The molecular weight excluding hydrogens is 353 g/mol. The number of nitrogens with one attached hydrogen (secondary N) is 3. The first-order valence-electron chi connectivity index (χ1n) is 8.60. The van der Waals surface area contributed by atoms with Gasteiger partial charge in [-0.3, -0.25) is 9.69 Å². The van der Waals surface area contributed by atoms with E-state index >= 15 is 0 Å². The van der Waals surface area contributed by atoms with E-state index in [9.17, 15) is 14.0 Å². The second kappa shape index (κ2) is 7.65. The van der Waals surface area contributed by atoms with Crippen molar-refractivity contribution in [3.05, 3.63) is 35.8 Å². The predicted octanol–water partition coefficient (Wildman–Crippen LogP) is 1.23. The Morgan fingerprint density at radius 3 is 2.89 bits per heavy atom. The van der Waals surface area contributed by atoms with Crippen molar-refractivity contribution in [1.82, 2.24) is 10.6 Å². The molecule has 2 amide bonds. The molecule has 2 saturated heterocycles. The van der Waals surface area contributed by atoms with Gasteiger partial charge in [0.15, 0.2) is 0 Å². The van der Waals surface area contributed by atoms with E-state index in [1.165, 1.54) is 17.9 Å². The standard InChI is InChI=1S/C18H22FN5O3/c1-11(25)22-7-14-9-24(18(26)27-14)13-3-4-17(15(19)5-13)23-8-12(6-21-2)16(20)10-23/h3-6,14,20-21H,7-10H2,1-2H3,(H,22,25)/b12-6-,20-16?/t14-/m0/s1. The zero-order chi connectivity index (χ0) is 19.6. The van der Waals surface area contributed by atoms with E-state index in [4.69, 9.17) is 10.1 Å². The summed E-state index contributed by atoms with van der Waals surface area (Å²) in [7, 11) is 1.76. The lowest BCUT2D eigenvalue weighted by molar-refractivity contribution is -0.119. The van der Waals surface area contributed by atoms with Crippen LogP contribution in [-0.2, 0) is 9.53 Å². The highest BCUT2D eigenvalue weighted by Crippen LogP contribution is 2.30. The zero-order valence-corrected chi connectivity index (χ0v) is 15.2. The van der Waals surface area contributed by atoms with Crippen LogP contribution in [0.2, 0.25) is 0 Å². The highest BCUT2D eigenvalue weighted by molar-refractivity contribution is 6.04. The Morgan fingerprint density at radius 2 is 2.22 bits per heavy atom. The molecule has 27 heavy (non-hydrogen) atoms. The Kier molecular flexibility index (Phi) is 5.29. The van der Waals surface area contributed by atoms with Crippen molar-refractivity contribution < 1.29 is 18.7 Å². The number of hydrogen-bond acceptors (Lipinski definition) is 6. The van der Waals surface area contributed by atoms with Gasteiger partial charge < -0.3 is 25.7 Å². The molecule has 1 aromatic rings. The number of carbonyl (C=O) groups excluding carboxylic acids is 2. The summed E-state index contributed by atoms with van der Waals surface area (Å²) < 4.78 is 19.9. The van der Waals surface area contributed by atoms with Gasteiger partial charge in [-0.1, -0.05) is 0 Å². The van der Waals surface area contributed by atoms with Crippen molar-refractivity contribution >= 4 is 29.1 Å². The smallest absolute Gasteiger partial charge is 0.414 e. The maximum atomic E-state index is 14.7. The quantitative estimate of drug-likeness (QED) is 0.719. The molecule has 2 aliphatic heterocycles. The molecule has 0 aromatic heterocycles. The summed E-state index contributed by atoms with van der Waals surface area (Å²) in [5.74, 6) is -0.674. The lowest BCUT2D eigenvalue weighted by Crippen LogP contribution is -2.33. The fourth-order valence-corrected chi connectivity index (χ4v) is 3.14. The predicted molar refractivity (Wildman–Crippen MR) is 99.8 cm³/mol. The van der Waals surface area contributed by atoms with Crippen LogP contribution in [0.3, 0.4) is 0 Å². The number of cyclic esters (lactones) is 1. The van der Waals surface area contributed by atoms with Gasteiger partial charge in [-0.2, -0.15) is 0 Å². The SMILES string of the molecule is CN/C=C1/CN(c2ccc(N3C[C@H](CNC(C)=O)OC3=O)cc2F)CC1=N. The summed E-state index contributed by atoms with van der Waals surface area (Å²) in [6.07, 6.45) is 0.696. The number of hydrogen-bond donors (Lipinski definition) is 3. The third-order valence-corrected chi connectivity index (χ3v) is 4.45. The van der Waals surface area contributed by atoms with E-state index in [-0.39, 0.29) is 19.0 Å². The van der Waals surface area contributed by atoms with E-state index in [0.717, 1.165) is 5.57 Å². The topological polar surface area (TPSA) is 97.8 Å². The molecular formula is C18H22FN5O3. The largest absolute Gasteiger partial charge is 0.442 e. The van der Waals surface area contributed by atoms with E-state index in [2.05, 4.69) is 10.6 Å². The molecule has 2 fully saturated rings. The highest BCUT2D eigenvalue weighted by atomic mass is 19.1. The van der Waals surface area contributed by atoms with Crippen LogP contribution in [0.5, 0.6) is 0 Å². The van der Waals surface area contributed by atoms with Gasteiger partial charge in [0.05, 0.1) is 36.7 Å². The molecule has 0 aliphatic carbocycles. The molecule has 144 valence electrons. The number of carbonyl (C=O) groups is 2. The molecule has 0 unspecified atom stereocenters. The molecule has 0 spiro atoms. The molecule has 2 heterocycles. The number of halogens is 1. The van der Waals surface area contributed by atoms with Crippen LogP contribution in [0.1, 0.15) is 6.92 Å². The second-order valence-electron chi connectivity index (χ2n) is 6.48. The van der Waals surface area contributed by atoms with Crippen LogP contribution >= 0.6 is 0 Å². The van der Waals surface area contributed by atoms with Gasteiger partial charge in [-0.25, -0.2) is 9.18 Å². The first kappa shape index (κ1) is 18.7. The molecule has 0 saturated carbocycles. The zero-order valence-electron chi connectivity index (χ0n) is 15.2. The Balaban J connectivity index is 1.72. The number of ether oxygens (including phenoxy) is 1. The first-order chi connectivity index (χ1) is 12.9. The van der Waals surface area contributed by atoms with Crippen LogP contribution in [0.4, 0.5) is 20.6 Å². The third kappa shape index (κ3) is 4.02. The van der Waals surface area contributed by atoms with Gasteiger partial charge in [-0.05, 0) is 18.2 Å². The average molecular weight is 375 g/mol. The fraction of sp³-hybridized carbons (Fsp3) is 0.389. The van der Waals surface area contributed by atoms with Crippen molar-refractivity contribution in [3.8, 4) is 0 Å². The molecule has 1 atom stereocenters. The van der Waals surface area contributed by atoms with Crippen molar-refractivity contribution in [2.45, 2.75) is 13.0 Å². The minimum atomic E-state index is -0.570. The number of nitrogens with zero attached hydrogens (tertiary/aromatic N) is 2. The Bertz CT molecular complexity index is 810. The van der Waals surface area contributed by atoms with Gasteiger partial charge in [-0.15, -0.1) is 0 Å². The molecule has 9 heteroatoms. The van der Waals surface area contributed by atoms with Gasteiger partial charge in [0.2, 0.25) is 5.91 Å². The van der Waals surface area contributed by atoms with Crippen molar-refractivity contribution in [2.75, 3.05) is 43.0 Å². The monoisotopic (exact) mass is 375 g/mol. The van der Waals surface area contributed by atoms with Gasteiger partial charge in [0, 0.05) is 32.3 Å². The lowest BCUT2D eigenvalue weighted by atomic mass is 10.2. The van der Waals surface area contributed by atoms with Crippen LogP contribution < -0.4 is 20.4 Å². The second-order valence-corrected chi connectivity index (χ2v) is 6.48. The highest BCUT2D eigenvalue weighted by Gasteiger charge is 2.33. The Labute approximate surface area is 156 Å². The minimum Gasteiger partial charge on any atom is -0.442 e. The average Bonchev–Trinajstić information content (AvgIpc) is 3.16. The molecule has 0 bridgehead atoms. The van der Waals surface area contributed by atoms with Gasteiger partial charge in [0.1, 0.15) is 11.9 Å². The fourth-order valence-electron chi connectivity index (χ4n) is 3.14. The molecule has 8 nitrogen and oxygen atoms in total. The summed E-state index contributed by atoms with van der Waals surface area (Å²) >= 11 is 0. The summed E-state index contributed by atoms with van der Waals surface area (Å²) in [4.78, 5) is 26.2. The lowest BCUT2D eigenvalue weighted by Gasteiger charge is -2.20. The van der Waals surface area contributed by atoms with E-state index < -0.39 is 18.0 Å². The van der Waals surface area contributed by atoms with E-state index in [1.54, 1.807) is 30.3 Å². The van der Waals surface area contributed by atoms with E-state index in [0.29, 0.717) is 30.2 Å². The molecule has 3 N–H and O–H groups in total. The summed E-state index contributed by atoms with van der Waals surface area (Å²) in [5.41, 5.74) is 2.03. The Morgan fingerprint density at radius 1 is 1.44 bits per heavy atom.